The Morgan fingerprint density at radius 1 is 0.639 bits per heavy atom. The second-order valence-corrected chi connectivity index (χ2v) is 9.47. The fraction of sp³-hybridized carbons (Fsp3) is 0.0938. The maximum absolute atomic E-state index is 2.51. The molecular weight excluding hydrogens is 437 g/mol. The van der Waals surface area contributed by atoms with Crippen molar-refractivity contribution in [3.05, 3.63) is 127 Å². The van der Waals surface area contributed by atoms with E-state index in [-0.39, 0.29) is 6.98 Å². The van der Waals surface area contributed by atoms with Crippen LogP contribution in [0.15, 0.2) is 121 Å². The molecule has 4 aromatic carbocycles. The molecule has 0 N–H and O–H groups in total. The predicted molar refractivity (Wildman–Crippen MR) is 152 cm³/mol. The molecule has 0 aliphatic carbocycles. The Morgan fingerprint density at radius 2 is 1.22 bits per heavy atom. The fourth-order valence-corrected chi connectivity index (χ4v) is 5.58. The van der Waals surface area contributed by atoms with E-state index < -0.39 is 0 Å². The third-order valence-corrected chi connectivity index (χ3v) is 7.26. The van der Waals surface area contributed by atoms with E-state index >= 15 is 0 Å². The Kier molecular flexibility index (Phi) is 5.57. The summed E-state index contributed by atoms with van der Waals surface area (Å²) in [4.78, 5) is 4.95. The number of aryl methyl sites for hydroxylation is 2. The van der Waals surface area contributed by atoms with E-state index in [1.807, 2.05) is 0 Å². The van der Waals surface area contributed by atoms with Crippen molar-refractivity contribution in [2.75, 3.05) is 16.7 Å². The van der Waals surface area contributed by atoms with Gasteiger partial charge in [0.15, 0.2) is 0 Å². The number of benzene rings is 4. The lowest BCUT2D eigenvalue weighted by atomic mass is 9.60. The minimum absolute atomic E-state index is 0.0266. The van der Waals surface area contributed by atoms with Gasteiger partial charge in [-0.2, -0.15) is 0 Å². The first-order valence-electron chi connectivity index (χ1n) is 12.5. The van der Waals surface area contributed by atoms with Gasteiger partial charge in [-0.1, -0.05) is 97.1 Å². The monoisotopic (exact) mass is 466 g/mol. The van der Waals surface area contributed by atoms with Crippen LogP contribution in [0.3, 0.4) is 0 Å². The summed E-state index contributed by atoms with van der Waals surface area (Å²) in [6.45, 7) is 2.19. The Balaban J connectivity index is 1.69. The number of pyridine rings is 1. The summed E-state index contributed by atoms with van der Waals surface area (Å²) in [6, 6.07) is 41.3. The highest BCUT2D eigenvalue weighted by Gasteiger charge is 2.51. The predicted octanol–water partition coefficient (Wildman–Crippen LogP) is 6.14. The van der Waals surface area contributed by atoms with Crippen molar-refractivity contribution in [2.24, 2.45) is 7.05 Å². The number of nitrogens with zero attached hydrogens (tertiary/aromatic N) is 3. The van der Waals surface area contributed by atoms with Crippen LogP contribution in [0.25, 0.3) is 22.3 Å². The second kappa shape index (κ2) is 9.05. The molecule has 6 rings (SSSR count). The van der Waals surface area contributed by atoms with Crippen molar-refractivity contribution in [1.82, 2.24) is 0 Å². The van der Waals surface area contributed by atoms with Gasteiger partial charge in [0.25, 0.3) is 5.82 Å². The van der Waals surface area contributed by atoms with Crippen molar-refractivity contribution < 1.29 is 4.57 Å². The smallest absolute Gasteiger partial charge is 0.369 e. The summed E-state index contributed by atoms with van der Waals surface area (Å²) in [5.41, 5.74) is 10.0. The van der Waals surface area contributed by atoms with Crippen molar-refractivity contribution >= 4 is 29.6 Å². The maximum atomic E-state index is 2.51. The van der Waals surface area contributed by atoms with Crippen LogP contribution in [0.2, 0.25) is 0 Å². The van der Waals surface area contributed by atoms with Crippen LogP contribution in [-0.2, 0) is 7.05 Å². The molecule has 0 bridgehead atoms. The second-order valence-electron chi connectivity index (χ2n) is 9.47. The summed E-state index contributed by atoms with van der Waals surface area (Å²) in [5, 5.41) is 0. The van der Waals surface area contributed by atoms with Gasteiger partial charge in [-0.25, -0.2) is 4.57 Å². The Morgan fingerprint density at radius 3 is 1.83 bits per heavy atom. The third-order valence-electron chi connectivity index (χ3n) is 7.26. The first-order chi connectivity index (χ1) is 17.6. The highest BCUT2D eigenvalue weighted by Crippen LogP contribution is 2.44. The van der Waals surface area contributed by atoms with Gasteiger partial charge in [0.05, 0.1) is 18.9 Å². The van der Waals surface area contributed by atoms with Crippen molar-refractivity contribution in [1.29, 1.82) is 0 Å². The molecule has 0 saturated carbocycles. The average Bonchev–Trinajstić information content (AvgIpc) is 3.22. The minimum atomic E-state index is -0.0266. The summed E-state index contributed by atoms with van der Waals surface area (Å²) in [6.07, 6.45) is 2.13. The first-order valence-corrected chi connectivity index (χ1v) is 12.5. The molecule has 0 radical (unpaired) electrons. The summed E-state index contributed by atoms with van der Waals surface area (Å²) in [5.74, 6) is 1.16. The number of hydrogen-bond donors (Lipinski definition) is 0. The Bertz CT molecular complexity index is 1470. The van der Waals surface area contributed by atoms with Crippen LogP contribution in [-0.4, -0.2) is 14.0 Å². The molecule has 0 saturated heterocycles. The number of aromatic nitrogens is 1. The normalized spacial score (nSPS) is 12.7. The van der Waals surface area contributed by atoms with E-state index in [2.05, 4.69) is 157 Å². The Hall–Kier alpha value is -4.31. The van der Waals surface area contributed by atoms with E-state index in [4.69, 9.17) is 0 Å². The van der Waals surface area contributed by atoms with E-state index in [9.17, 15) is 0 Å². The van der Waals surface area contributed by atoms with Crippen molar-refractivity contribution in [3.8, 4) is 22.3 Å². The molecule has 1 aromatic heterocycles. The third kappa shape index (κ3) is 3.58. The molecule has 174 valence electrons. The lowest BCUT2D eigenvalue weighted by Crippen LogP contribution is -2.57. The zero-order valence-electron chi connectivity index (χ0n) is 21.0. The summed E-state index contributed by atoms with van der Waals surface area (Å²) in [7, 11) is 4.35. The van der Waals surface area contributed by atoms with Crippen LogP contribution in [0, 0.1) is 6.92 Å². The van der Waals surface area contributed by atoms with E-state index in [0.29, 0.717) is 0 Å². The van der Waals surface area contributed by atoms with Crippen LogP contribution >= 0.6 is 0 Å². The quantitative estimate of drug-likeness (QED) is 0.233. The van der Waals surface area contributed by atoms with Gasteiger partial charge in [0.2, 0.25) is 0 Å². The molecule has 0 spiro atoms. The lowest BCUT2D eigenvalue weighted by Gasteiger charge is -2.26. The molecule has 0 atom stereocenters. The van der Waals surface area contributed by atoms with E-state index in [0.717, 1.165) is 5.82 Å². The summed E-state index contributed by atoms with van der Waals surface area (Å²) < 4.78 is 2.22. The molecule has 36 heavy (non-hydrogen) atoms. The Labute approximate surface area is 214 Å². The molecule has 0 fully saturated rings. The average molecular weight is 466 g/mol. The topological polar surface area (TPSA) is 10.4 Å². The van der Waals surface area contributed by atoms with Crippen molar-refractivity contribution in [2.45, 2.75) is 6.92 Å². The highest BCUT2D eigenvalue weighted by atomic mass is 15.3. The van der Waals surface area contributed by atoms with Gasteiger partial charge in [-0.05, 0) is 53.9 Å². The molecule has 1 aliphatic heterocycles. The van der Waals surface area contributed by atoms with Gasteiger partial charge < -0.3 is 4.81 Å². The number of hydrogen-bond acceptors (Lipinski definition) is 2. The van der Waals surface area contributed by atoms with E-state index in [1.165, 1.54) is 44.7 Å². The lowest BCUT2D eigenvalue weighted by molar-refractivity contribution is -0.658. The number of anilines is 3. The zero-order valence-corrected chi connectivity index (χ0v) is 21.0. The SMILES string of the molecule is Cc1cccc2c1N(c1cccc[n+]1C)B(c1c(-c3ccccc3)cccc1-c1ccccc1)N2C. The van der Waals surface area contributed by atoms with Gasteiger partial charge in [0, 0.05) is 11.5 Å². The maximum Gasteiger partial charge on any atom is 0.538 e. The highest BCUT2D eigenvalue weighted by molar-refractivity contribution is 6.85. The number of fused-ring (bicyclic) bond motifs is 1. The molecular formula is C32H29BN3+. The van der Waals surface area contributed by atoms with Crippen LogP contribution in [0.5, 0.6) is 0 Å². The van der Waals surface area contributed by atoms with Gasteiger partial charge in [-0.15, -0.1) is 0 Å². The fourth-order valence-electron chi connectivity index (χ4n) is 5.58. The molecule has 0 amide bonds. The standard InChI is InChI=1S/C32H29BN3/c1-24-14-12-21-29-32(24)36(30-22-10-11-23-34(30)2)33(35(29)3)31-27(25-15-6-4-7-16-25)19-13-20-28(31)26-17-8-5-9-18-26/h4-23H,1-3H3/q+1. The minimum Gasteiger partial charge on any atom is -0.369 e. The van der Waals surface area contributed by atoms with Crippen LogP contribution < -0.4 is 19.7 Å². The van der Waals surface area contributed by atoms with E-state index in [1.54, 1.807) is 0 Å². The zero-order chi connectivity index (χ0) is 24.6. The summed E-state index contributed by atoms with van der Waals surface area (Å²) >= 11 is 0. The molecule has 4 heteroatoms. The van der Waals surface area contributed by atoms with Crippen molar-refractivity contribution in [3.63, 3.8) is 0 Å². The molecule has 3 nitrogen and oxygen atoms in total. The van der Waals surface area contributed by atoms with Crippen LogP contribution in [0.4, 0.5) is 17.2 Å². The van der Waals surface area contributed by atoms with Gasteiger partial charge in [0.1, 0.15) is 5.69 Å². The molecule has 0 unspecified atom stereocenters. The molecule has 5 aromatic rings. The first kappa shape index (κ1) is 22.2. The largest absolute Gasteiger partial charge is 0.538 e. The van der Waals surface area contributed by atoms with Gasteiger partial charge >= 0.3 is 6.98 Å². The number of rotatable bonds is 4. The molecule has 1 aliphatic rings. The number of para-hydroxylation sites is 1. The molecule has 2 heterocycles. The van der Waals surface area contributed by atoms with Gasteiger partial charge in [-0.3, -0.25) is 4.81 Å². The van der Waals surface area contributed by atoms with Crippen LogP contribution in [0.1, 0.15) is 5.56 Å².